The van der Waals surface area contributed by atoms with Crippen molar-refractivity contribution < 1.29 is 37.8 Å². The summed E-state index contributed by atoms with van der Waals surface area (Å²) in [6.07, 6.45) is -5.61. The fraction of sp³-hybridized carbons (Fsp3) is 0.357. The molecule has 0 aromatic heterocycles. The van der Waals surface area contributed by atoms with Crippen LogP contribution in [0.3, 0.4) is 0 Å². The van der Waals surface area contributed by atoms with Gasteiger partial charge in [-0.2, -0.15) is 13.2 Å². The molecule has 0 fully saturated rings. The summed E-state index contributed by atoms with van der Waals surface area (Å²) in [5.74, 6) is -3.78. The van der Waals surface area contributed by atoms with E-state index in [0.717, 1.165) is 12.1 Å². The highest BCUT2D eigenvalue weighted by Crippen LogP contribution is 2.35. The Kier molecular flexibility index (Phi) is 6.15. The monoisotopic (exact) mass is 348 g/mol. The van der Waals surface area contributed by atoms with E-state index in [1.807, 2.05) is 5.32 Å². The molecule has 1 unspecified atom stereocenters. The van der Waals surface area contributed by atoms with Gasteiger partial charge in [-0.1, -0.05) is 0 Å². The van der Waals surface area contributed by atoms with Crippen molar-refractivity contribution in [1.29, 1.82) is 0 Å². The van der Waals surface area contributed by atoms with Crippen molar-refractivity contribution in [3.8, 4) is 0 Å². The van der Waals surface area contributed by atoms with Crippen molar-refractivity contribution in [3.63, 3.8) is 0 Å². The smallest absolute Gasteiger partial charge is 0.418 e. The first-order valence-electron chi connectivity index (χ1n) is 6.70. The van der Waals surface area contributed by atoms with Crippen LogP contribution in [0.1, 0.15) is 28.8 Å². The first kappa shape index (κ1) is 19.3. The zero-order valence-electron chi connectivity index (χ0n) is 12.5. The molecule has 1 atom stereocenters. The number of alkyl halides is 3. The molecule has 0 saturated heterocycles. The fourth-order valence-electron chi connectivity index (χ4n) is 1.90. The summed E-state index contributed by atoms with van der Waals surface area (Å²) in [5.41, 5.74) is -1.70. The predicted molar refractivity (Wildman–Crippen MR) is 76.8 cm³/mol. The Hall–Kier alpha value is -2.78. The number of amides is 1. The van der Waals surface area contributed by atoms with Gasteiger partial charge in [0.25, 0.3) is 5.91 Å². The number of nitrogens with one attached hydrogen (secondary N) is 2. The van der Waals surface area contributed by atoms with Crippen LogP contribution in [-0.4, -0.2) is 41.1 Å². The Labute approximate surface area is 134 Å². The number of carbonyl (C=O) groups is 3. The maximum Gasteiger partial charge on any atom is 0.418 e. The molecule has 7 nitrogen and oxygen atoms in total. The van der Waals surface area contributed by atoms with Gasteiger partial charge in [0.05, 0.1) is 5.56 Å². The quantitative estimate of drug-likeness (QED) is 0.597. The zero-order chi connectivity index (χ0) is 18.5. The van der Waals surface area contributed by atoms with Crippen LogP contribution in [0.4, 0.5) is 18.9 Å². The average molecular weight is 348 g/mol. The van der Waals surface area contributed by atoms with Crippen molar-refractivity contribution in [2.24, 2.45) is 0 Å². The third-order valence-corrected chi connectivity index (χ3v) is 3.11. The molecule has 0 spiro atoms. The van der Waals surface area contributed by atoms with Gasteiger partial charge < -0.3 is 20.8 Å². The topological polar surface area (TPSA) is 116 Å². The van der Waals surface area contributed by atoms with Crippen molar-refractivity contribution in [3.05, 3.63) is 29.3 Å². The lowest BCUT2D eigenvalue weighted by atomic mass is 10.1. The molecule has 10 heteroatoms. The molecular formula is C14H15F3N2O5. The number of carboxylic acid groups (broad SMARTS) is 2. The van der Waals surface area contributed by atoms with E-state index < -0.39 is 48.5 Å². The summed E-state index contributed by atoms with van der Waals surface area (Å²) in [6.45, 7) is 0. The van der Waals surface area contributed by atoms with E-state index in [2.05, 4.69) is 5.32 Å². The van der Waals surface area contributed by atoms with Gasteiger partial charge in [0.1, 0.15) is 6.04 Å². The lowest BCUT2D eigenvalue weighted by molar-refractivity contribution is -0.141. The molecule has 1 amide bonds. The number of carboxylic acids is 2. The van der Waals surface area contributed by atoms with Gasteiger partial charge in [0.2, 0.25) is 0 Å². The third-order valence-electron chi connectivity index (χ3n) is 3.11. The Morgan fingerprint density at radius 2 is 1.83 bits per heavy atom. The number of anilines is 1. The molecular weight excluding hydrogens is 333 g/mol. The molecule has 1 rings (SSSR count). The van der Waals surface area contributed by atoms with Gasteiger partial charge in [-0.05, 0) is 24.6 Å². The van der Waals surface area contributed by atoms with Gasteiger partial charge >= 0.3 is 18.1 Å². The van der Waals surface area contributed by atoms with Crippen LogP contribution < -0.4 is 10.6 Å². The van der Waals surface area contributed by atoms with E-state index in [0.29, 0.717) is 6.07 Å². The molecule has 1 aromatic rings. The molecule has 1 aromatic carbocycles. The second kappa shape index (κ2) is 7.66. The van der Waals surface area contributed by atoms with Gasteiger partial charge in [-0.15, -0.1) is 0 Å². The molecule has 0 aliphatic heterocycles. The van der Waals surface area contributed by atoms with Crippen LogP contribution in [0.15, 0.2) is 18.2 Å². The van der Waals surface area contributed by atoms with Crippen molar-refractivity contribution >= 4 is 23.5 Å². The van der Waals surface area contributed by atoms with Gasteiger partial charge in [0.15, 0.2) is 0 Å². The minimum Gasteiger partial charge on any atom is -0.481 e. The molecule has 0 aliphatic rings. The predicted octanol–water partition coefficient (Wildman–Crippen LogP) is 1.79. The highest BCUT2D eigenvalue weighted by Gasteiger charge is 2.34. The Balaban J connectivity index is 3.01. The summed E-state index contributed by atoms with van der Waals surface area (Å²) in [5, 5.41) is 21.9. The Morgan fingerprint density at radius 1 is 1.21 bits per heavy atom. The minimum atomic E-state index is -4.70. The zero-order valence-corrected chi connectivity index (χ0v) is 12.5. The van der Waals surface area contributed by atoms with E-state index in [4.69, 9.17) is 10.2 Å². The van der Waals surface area contributed by atoms with Crippen LogP contribution in [0.5, 0.6) is 0 Å². The first-order valence-corrected chi connectivity index (χ1v) is 6.70. The number of aliphatic carboxylic acids is 2. The van der Waals surface area contributed by atoms with E-state index >= 15 is 0 Å². The number of hydrogen-bond acceptors (Lipinski definition) is 4. The minimum absolute atomic E-state index is 0.236. The van der Waals surface area contributed by atoms with Crippen molar-refractivity contribution in [2.45, 2.75) is 25.1 Å². The summed E-state index contributed by atoms with van der Waals surface area (Å²) >= 11 is 0. The second-order valence-corrected chi connectivity index (χ2v) is 4.80. The van der Waals surface area contributed by atoms with Crippen LogP contribution in [0.25, 0.3) is 0 Å². The number of rotatable bonds is 7. The number of benzene rings is 1. The Morgan fingerprint density at radius 3 is 2.29 bits per heavy atom. The van der Waals surface area contributed by atoms with E-state index in [1.165, 1.54) is 7.05 Å². The molecule has 132 valence electrons. The largest absolute Gasteiger partial charge is 0.481 e. The molecule has 0 aliphatic carbocycles. The highest BCUT2D eigenvalue weighted by molar-refractivity contribution is 5.97. The van der Waals surface area contributed by atoms with Crippen LogP contribution in [0, 0.1) is 0 Å². The van der Waals surface area contributed by atoms with Crippen LogP contribution in [-0.2, 0) is 15.8 Å². The Bertz CT molecular complexity index is 646. The normalized spacial score (nSPS) is 12.3. The molecule has 4 N–H and O–H groups in total. The molecule has 0 radical (unpaired) electrons. The van der Waals surface area contributed by atoms with Gasteiger partial charge in [-0.3, -0.25) is 9.59 Å². The average Bonchev–Trinajstić information content (AvgIpc) is 2.49. The summed E-state index contributed by atoms with van der Waals surface area (Å²) < 4.78 is 38.8. The fourth-order valence-corrected chi connectivity index (χ4v) is 1.90. The maximum absolute atomic E-state index is 12.9. The standard InChI is InChI=1S/C14H15F3N2O5/c1-18-9-3-2-7(6-8(9)14(15,16)17)12(22)19-10(13(23)24)4-5-11(20)21/h2-3,6,10,18H,4-5H2,1H3,(H,19,22)(H,20,21)(H,23,24). The molecule has 0 bridgehead atoms. The second-order valence-electron chi connectivity index (χ2n) is 4.80. The molecule has 0 heterocycles. The van der Waals surface area contributed by atoms with Crippen LogP contribution in [0.2, 0.25) is 0 Å². The third kappa shape index (κ3) is 5.14. The molecule has 0 saturated carbocycles. The van der Waals surface area contributed by atoms with Gasteiger partial charge in [-0.25, -0.2) is 4.79 Å². The van der Waals surface area contributed by atoms with E-state index in [1.54, 1.807) is 0 Å². The maximum atomic E-state index is 12.9. The number of carbonyl (C=O) groups excluding carboxylic acids is 1. The SMILES string of the molecule is CNc1ccc(C(=O)NC(CCC(=O)O)C(=O)O)cc1C(F)(F)F. The van der Waals surface area contributed by atoms with E-state index in [9.17, 15) is 27.6 Å². The van der Waals surface area contributed by atoms with Gasteiger partial charge in [0, 0.05) is 24.7 Å². The number of halogens is 3. The molecule has 24 heavy (non-hydrogen) atoms. The van der Waals surface area contributed by atoms with E-state index in [-0.39, 0.29) is 11.3 Å². The van der Waals surface area contributed by atoms with Crippen LogP contribution >= 0.6 is 0 Å². The summed E-state index contributed by atoms with van der Waals surface area (Å²) in [7, 11) is 1.29. The first-order chi connectivity index (χ1) is 11.1. The lowest BCUT2D eigenvalue weighted by Crippen LogP contribution is -2.41. The lowest BCUT2D eigenvalue weighted by Gasteiger charge is -2.16. The van der Waals surface area contributed by atoms with Crippen molar-refractivity contribution in [1.82, 2.24) is 5.32 Å². The summed E-state index contributed by atoms with van der Waals surface area (Å²) in [6, 6.07) is 1.22. The summed E-state index contributed by atoms with van der Waals surface area (Å²) in [4.78, 5) is 33.5. The highest BCUT2D eigenvalue weighted by atomic mass is 19.4. The number of hydrogen-bond donors (Lipinski definition) is 4. The van der Waals surface area contributed by atoms with Crippen molar-refractivity contribution in [2.75, 3.05) is 12.4 Å².